The summed E-state index contributed by atoms with van der Waals surface area (Å²) in [5, 5.41) is 3.81. The molecule has 3 rings (SSSR count). The van der Waals surface area contributed by atoms with Crippen molar-refractivity contribution >= 4 is 20.1 Å². The van der Waals surface area contributed by atoms with Gasteiger partial charge in [0.05, 0.1) is 0 Å². The van der Waals surface area contributed by atoms with Gasteiger partial charge in [-0.05, 0) is 0 Å². The molecule has 1 N–H and O–H groups in total. The van der Waals surface area contributed by atoms with Gasteiger partial charge < -0.3 is 0 Å². The Labute approximate surface area is 131 Å². The SMILES string of the molecule is CI(C)N1CCC(CNC2CC2c2ccccc2)CC1. The zero-order valence-corrected chi connectivity index (χ0v) is 14.8. The van der Waals surface area contributed by atoms with Crippen LogP contribution in [0.5, 0.6) is 0 Å². The number of hydrogen-bond donors (Lipinski definition) is 1. The number of hydrogen-bond acceptors (Lipinski definition) is 2. The number of halogens is 1. The van der Waals surface area contributed by atoms with Crippen molar-refractivity contribution in [3.63, 3.8) is 0 Å². The molecule has 1 aliphatic carbocycles. The van der Waals surface area contributed by atoms with Crippen LogP contribution in [0.15, 0.2) is 30.3 Å². The zero-order valence-electron chi connectivity index (χ0n) is 12.7. The Morgan fingerprint density at radius 3 is 2.50 bits per heavy atom. The third kappa shape index (κ3) is 3.74. The van der Waals surface area contributed by atoms with Crippen LogP contribution in [-0.4, -0.2) is 38.7 Å². The Morgan fingerprint density at radius 2 is 1.85 bits per heavy atom. The maximum absolute atomic E-state index is 3.81. The Kier molecular flexibility index (Phi) is 5.00. The molecule has 1 saturated carbocycles. The third-order valence-electron chi connectivity index (χ3n) is 4.72. The number of piperidine rings is 1. The summed E-state index contributed by atoms with van der Waals surface area (Å²) >= 11 is -0.706. The Balaban J connectivity index is 1.38. The molecule has 0 bridgehead atoms. The van der Waals surface area contributed by atoms with Crippen molar-refractivity contribution in [2.75, 3.05) is 29.5 Å². The molecule has 2 fully saturated rings. The van der Waals surface area contributed by atoms with E-state index < -0.39 is 20.1 Å². The molecule has 0 aromatic heterocycles. The topological polar surface area (TPSA) is 15.3 Å². The quantitative estimate of drug-likeness (QED) is 0.473. The van der Waals surface area contributed by atoms with Gasteiger partial charge in [-0.1, -0.05) is 0 Å². The molecule has 2 aliphatic rings. The van der Waals surface area contributed by atoms with Gasteiger partial charge in [0.15, 0.2) is 0 Å². The minimum atomic E-state index is -0.706. The van der Waals surface area contributed by atoms with E-state index in [9.17, 15) is 0 Å². The van der Waals surface area contributed by atoms with E-state index >= 15 is 0 Å². The van der Waals surface area contributed by atoms with E-state index in [1.54, 1.807) is 0 Å². The molecule has 0 spiro atoms. The second-order valence-electron chi connectivity index (χ2n) is 6.34. The normalized spacial score (nSPS) is 28.4. The minimum absolute atomic E-state index is 0.706. The second kappa shape index (κ2) is 6.75. The first-order valence-corrected chi connectivity index (χ1v) is 13.1. The summed E-state index contributed by atoms with van der Waals surface area (Å²) in [5.74, 6) is 1.69. The molecule has 1 saturated heterocycles. The summed E-state index contributed by atoms with van der Waals surface area (Å²) < 4.78 is 2.77. The van der Waals surface area contributed by atoms with Crippen LogP contribution in [0.1, 0.15) is 30.7 Å². The van der Waals surface area contributed by atoms with Gasteiger partial charge in [-0.2, -0.15) is 0 Å². The molecule has 1 aliphatic heterocycles. The number of benzene rings is 1. The molecular weight excluding hydrogens is 359 g/mol. The average Bonchev–Trinajstić information content (AvgIpc) is 3.26. The molecule has 20 heavy (non-hydrogen) atoms. The fourth-order valence-corrected chi connectivity index (χ4v) is 5.74. The summed E-state index contributed by atoms with van der Waals surface area (Å²) in [6, 6.07) is 11.7. The molecule has 112 valence electrons. The predicted molar refractivity (Wildman–Crippen MR) is 95.8 cm³/mol. The van der Waals surface area contributed by atoms with Crippen molar-refractivity contribution in [2.24, 2.45) is 5.92 Å². The van der Waals surface area contributed by atoms with Crippen molar-refractivity contribution in [1.82, 2.24) is 8.43 Å². The van der Waals surface area contributed by atoms with Crippen molar-refractivity contribution in [1.29, 1.82) is 0 Å². The van der Waals surface area contributed by atoms with Crippen LogP contribution in [-0.2, 0) is 0 Å². The Morgan fingerprint density at radius 1 is 1.15 bits per heavy atom. The fraction of sp³-hybridized carbons (Fsp3) is 0.647. The first-order valence-electron chi connectivity index (χ1n) is 7.77. The number of rotatable bonds is 5. The number of nitrogens with one attached hydrogen (secondary N) is 1. The van der Waals surface area contributed by atoms with Crippen molar-refractivity contribution < 1.29 is 0 Å². The van der Waals surface area contributed by atoms with Gasteiger partial charge in [0.2, 0.25) is 0 Å². The van der Waals surface area contributed by atoms with E-state index in [0.717, 1.165) is 17.9 Å². The van der Waals surface area contributed by atoms with Gasteiger partial charge in [-0.3, -0.25) is 0 Å². The fourth-order valence-electron chi connectivity index (χ4n) is 3.25. The van der Waals surface area contributed by atoms with Crippen LogP contribution in [0.4, 0.5) is 0 Å². The van der Waals surface area contributed by atoms with E-state index in [0.29, 0.717) is 0 Å². The molecule has 2 atom stereocenters. The molecule has 0 amide bonds. The first kappa shape index (κ1) is 14.8. The van der Waals surface area contributed by atoms with Crippen LogP contribution in [0.25, 0.3) is 0 Å². The molecule has 0 radical (unpaired) electrons. The Hall–Kier alpha value is -0.130. The number of alkyl halides is 2. The molecule has 1 heterocycles. The van der Waals surface area contributed by atoms with Crippen LogP contribution in [0.3, 0.4) is 0 Å². The third-order valence-corrected chi connectivity index (χ3v) is 8.42. The monoisotopic (exact) mass is 386 g/mol. The Bertz CT molecular complexity index is 412. The van der Waals surface area contributed by atoms with Gasteiger partial charge in [-0.15, -0.1) is 0 Å². The van der Waals surface area contributed by atoms with E-state index in [2.05, 4.69) is 48.6 Å². The van der Waals surface area contributed by atoms with E-state index in [1.165, 1.54) is 44.5 Å². The van der Waals surface area contributed by atoms with Crippen LogP contribution < -0.4 is 5.32 Å². The molecule has 2 nitrogen and oxygen atoms in total. The number of nitrogens with zero attached hydrogens (tertiary/aromatic N) is 1. The summed E-state index contributed by atoms with van der Waals surface area (Å²) in [6.07, 6.45) is 4.15. The first-order chi connectivity index (χ1) is 9.74. The molecule has 2 unspecified atom stereocenters. The van der Waals surface area contributed by atoms with E-state index in [1.807, 2.05) is 0 Å². The molecule has 1 aromatic rings. The summed E-state index contributed by atoms with van der Waals surface area (Å²) in [6.45, 7) is 3.96. The maximum atomic E-state index is 3.81. The molecule has 3 heteroatoms. The zero-order chi connectivity index (χ0) is 13.9. The van der Waals surface area contributed by atoms with Crippen molar-refractivity contribution in [2.45, 2.75) is 31.2 Å². The predicted octanol–water partition coefficient (Wildman–Crippen LogP) is 3.53. The van der Waals surface area contributed by atoms with E-state index in [4.69, 9.17) is 0 Å². The standard InChI is InChI=1S/C17H27IN2/c1-18(2)20-10-8-14(9-11-20)13-19-17-12-16(17)15-6-4-3-5-7-15/h3-7,14,16-17,19H,8-13H2,1-2H3. The van der Waals surface area contributed by atoms with Crippen LogP contribution in [0.2, 0.25) is 0 Å². The van der Waals surface area contributed by atoms with Crippen LogP contribution in [0, 0.1) is 5.92 Å². The van der Waals surface area contributed by atoms with Gasteiger partial charge in [0.25, 0.3) is 0 Å². The van der Waals surface area contributed by atoms with Gasteiger partial charge in [0, 0.05) is 0 Å². The average molecular weight is 386 g/mol. The van der Waals surface area contributed by atoms with Gasteiger partial charge in [-0.25, -0.2) is 0 Å². The second-order valence-corrected chi connectivity index (χ2v) is 11.8. The summed E-state index contributed by atoms with van der Waals surface area (Å²) in [7, 11) is 0. The van der Waals surface area contributed by atoms with Crippen molar-refractivity contribution in [3.05, 3.63) is 35.9 Å². The van der Waals surface area contributed by atoms with Crippen molar-refractivity contribution in [3.8, 4) is 0 Å². The summed E-state index contributed by atoms with van der Waals surface area (Å²) in [4.78, 5) is 4.94. The van der Waals surface area contributed by atoms with Gasteiger partial charge >= 0.3 is 131 Å². The summed E-state index contributed by atoms with van der Waals surface area (Å²) in [5.41, 5.74) is 1.52. The molecule has 1 aromatic carbocycles. The van der Waals surface area contributed by atoms with Gasteiger partial charge in [0.1, 0.15) is 0 Å². The van der Waals surface area contributed by atoms with Crippen LogP contribution >= 0.6 is 20.1 Å². The molecular formula is C17H27IN2. The van der Waals surface area contributed by atoms with E-state index in [-0.39, 0.29) is 0 Å².